The minimum atomic E-state index is -1.80. The predicted molar refractivity (Wildman–Crippen MR) is 44.4 cm³/mol. The summed E-state index contributed by atoms with van der Waals surface area (Å²) in [5, 5.41) is 8.79. The highest BCUT2D eigenvalue weighted by Gasteiger charge is 2.34. The second-order valence-electron chi connectivity index (χ2n) is 2.35. The van der Waals surface area contributed by atoms with Crippen molar-refractivity contribution in [3.05, 3.63) is 0 Å². The molecule has 0 fully saturated rings. The molecule has 0 aliphatic rings. The van der Waals surface area contributed by atoms with Crippen LogP contribution in [0.5, 0.6) is 0 Å². The predicted octanol–water partition coefficient (Wildman–Crippen LogP) is 0.606. The molecular formula is C7H12O3S. The van der Waals surface area contributed by atoms with Crippen molar-refractivity contribution in [3.63, 3.8) is 0 Å². The van der Waals surface area contributed by atoms with E-state index in [0.29, 0.717) is 5.75 Å². The van der Waals surface area contributed by atoms with Crippen LogP contribution in [0.25, 0.3) is 0 Å². The Hall–Kier alpha value is -0.350. The van der Waals surface area contributed by atoms with Crippen LogP contribution in [-0.4, -0.2) is 27.4 Å². The first-order chi connectivity index (χ1) is 4.92. The molecule has 0 aromatic carbocycles. The zero-order valence-electron chi connectivity index (χ0n) is 6.88. The lowest BCUT2D eigenvalue weighted by Crippen LogP contribution is -2.40. The molecule has 0 bridgehead atoms. The van der Waals surface area contributed by atoms with Gasteiger partial charge in [0.05, 0.1) is 0 Å². The number of hydrogen-bond donors (Lipinski definition) is 1. The van der Waals surface area contributed by atoms with E-state index in [1.165, 1.54) is 13.8 Å². The molecule has 0 saturated carbocycles. The highest BCUT2D eigenvalue weighted by atomic mass is 32.2. The van der Waals surface area contributed by atoms with E-state index in [2.05, 4.69) is 0 Å². The Morgan fingerprint density at radius 2 is 2.00 bits per heavy atom. The van der Waals surface area contributed by atoms with Gasteiger partial charge >= 0.3 is 0 Å². The lowest BCUT2D eigenvalue weighted by Gasteiger charge is -2.16. The number of thioether (sulfide) groups is 1. The summed E-state index contributed by atoms with van der Waals surface area (Å²) < 4.78 is 0. The van der Waals surface area contributed by atoms with Crippen LogP contribution in [0.15, 0.2) is 0 Å². The molecule has 64 valence electrons. The lowest BCUT2D eigenvalue weighted by atomic mass is 10.1. The largest absolute Gasteiger partial charge is 0.374 e. The number of ketones is 1. The van der Waals surface area contributed by atoms with Crippen LogP contribution in [0.3, 0.4) is 0 Å². The maximum atomic E-state index is 11.0. The SMILES string of the molecule is CCSC(=O)C(C)(O)C(C)=O. The van der Waals surface area contributed by atoms with Gasteiger partial charge in [-0.25, -0.2) is 0 Å². The third-order valence-corrected chi connectivity index (χ3v) is 2.31. The summed E-state index contributed by atoms with van der Waals surface area (Å²) in [6, 6.07) is 0. The van der Waals surface area contributed by atoms with Crippen molar-refractivity contribution in [1.29, 1.82) is 0 Å². The maximum Gasteiger partial charge on any atom is 0.227 e. The highest BCUT2D eigenvalue weighted by molar-refractivity contribution is 8.13. The first kappa shape index (κ1) is 10.7. The molecule has 0 spiro atoms. The third-order valence-electron chi connectivity index (χ3n) is 1.36. The van der Waals surface area contributed by atoms with E-state index in [1.807, 2.05) is 0 Å². The molecule has 11 heavy (non-hydrogen) atoms. The first-order valence-corrected chi connectivity index (χ1v) is 4.32. The topological polar surface area (TPSA) is 54.4 Å². The summed E-state index contributed by atoms with van der Waals surface area (Å²) in [5.74, 6) is 0.0610. The normalized spacial score (nSPS) is 15.6. The van der Waals surface area contributed by atoms with E-state index in [0.717, 1.165) is 11.8 Å². The maximum absolute atomic E-state index is 11.0. The van der Waals surface area contributed by atoms with E-state index in [1.54, 1.807) is 6.92 Å². The van der Waals surface area contributed by atoms with Gasteiger partial charge < -0.3 is 5.11 Å². The minimum Gasteiger partial charge on any atom is -0.374 e. The van der Waals surface area contributed by atoms with Crippen LogP contribution in [0.1, 0.15) is 20.8 Å². The van der Waals surface area contributed by atoms with Gasteiger partial charge in [-0.05, 0) is 19.6 Å². The summed E-state index contributed by atoms with van der Waals surface area (Å²) in [6.07, 6.45) is 0. The summed E-state index contributed by atoms with van der Waals surface area (Å²) in [7, 11) is 0. The third kappa shape index (κ3) is 2.63. The van der Waals surface area contributed by atoms with Crippen LogP contribution in [-0.2, 0) is 9.59 Å². The van der Waals surface area contributed by atoms with Crippen molar-refractivity contribution < 1.29 is 14.7 Å². The number of carbonyl (C=O) groups is 2. The van der Waals surface area contributed by atoms with Gasteiger partial charge in [0, 0.05) is 0 Å². The number of aliphatic hydroxyl groups is 1. The number of carbonyl (C=O) groups excluding carboxylic acids is 2. The smallest absolute Gasteiger partial charge is 0.227 e. The standard InChI is InChI=1S/C7H12O3S/c1-4-11-6(9)7(3,10)5(2)8/h10H,4H2,1-3H3. The molecule has 1 N–H and O–H groups in total. The number of rotatable bonds is 3. The Labute approximate surface area is 70.2 Å². The molecule has 0 amide bonds. The van der Waals surface area contributed by atoms with Gasteiger partial charge in [0.1, 0.15) is 0 Å². The fourth-order valence-corrected chi connectivity index (χ4v) is 1.10. The number of hydrogen-bond acceptors (Lipinski definition) is 4. The van der Waals surface area contributed by atoms with Crippen molar-refractivity contribution >= 4 is 22.7 Å². The van der Waals surface area contributed by atoms with Crippen LogP contribution < -0.4 is 0 Å². The van der Waals surface area contributed by atoms with E-state index < -0.39 is 16.5 Å². The zero-order valence-corrected chi connectivity index (χ0v) is 7.70. The molecule has 0 aromatic rings. The fourth-order valence-electron chi connectivity index (χ4n) is 0.415. The average molecular weight is 176 g/mol. The van der Waals surface area contributed by atoms with Gasteiger partial charge in [0.15, 0.2) is 11.4 Å². The van der Waals surface area contributed by atoms with Crippen molar-refractivity contribution in [3.8, 4) is 0 Å². The van der Waals surface area contributed by atoms with E-state index >= 15 is 0 Å². The molecule has 4 heteroatoms. The minimum absolute atomic E-state index is 0.479. The zero-order chi connectivity index (χ0) is 9.07. The van der Waals surface area contributed by atoms with Crippen molar-refractivity contribution in [2.75, 3.05) is 5.75 Å². The van der Waals surface area contributed by atoms with Gasteiger partial charge in [0.2, 0.25) is 5.12 Å². The first-order valence-electron chi connectivity index (χ1n) is 3.33. The molecule has 1 unspecified atom stereocenters. The van der Waals surface area contributed by atoms with Gasteiger partial charge in [-0.1, -0.05) is 18.7 Å². The fraction of sp³-hybridized carbons (Fsp3) is 0.714. The molecule has 1 atom stereocenters. The molecule has 3 nitrogen and oxygen atoms in total. The van der Waals surface area contributed by atoms with E-state index in [9.17, 15) is 14.7 Å². The summed E-state index contributed by atoms with van der Waals surface area (Å²) in [6.45, 7) is 4.22. The molecule has 0 heterocycles. The van der Waals surface area contributed by atoms with Crippen LogP contribution in [0.4, 0.5) is 0 Å². The van der Waals surface area contributed by atoms with Crippen molar-refractivity contribution in [2.24, 2.45) is 0 Å². The highest BCUT2D eigenvalue weighted by Crippen LogP contribution is 2.15. The molecule has 0 aliphatic heterocycles. The van der Waals surface area contributed by atoms with Crippen LogP contribution in [0.2, 0.25) is 0 Å². The molecule has 0 radical (unpaired) electrons. The van der Waals surface area contributed by atoms with Crippen LogP contribution >= 0.6 is 11.8 Å². The Morgan fingerprint density at radius 3 is 2.27 bits per heavy atom. The quantitative estimate of drug-likeness (QED) is 0.640. The Bertz CT molecular complexity index is 175. The monoisotopic (exact) mass is 176 g/mol. The van der Waals surface area contributed by atoms with Crippen LogP contribution in [0, 0.1) is 0 Å². The van der Waals surface area contributed by atoms with Crippen molar-refractivity contribution in [2.45, 2.75) is 26.4 Å². The molecule has 0 rings (SSSR count). The summed E-state index contributed by atoms with van der Waals surface area (Å²) in [5.41, 5.74) is -1.80. The second kappa shape index (κ2) is 3.88. The van der Waals surface area contributed by atoms with Crippen molar-refractivity contribution in [1.82, 2.24) is 0 Å². The Kier molecular flexibility index (Phi) is 3.75. The van der Waals surface area contributed by atoms with Gasteiger partial charge in [-0.3, -0.25) is 9.59 Å². The molecule has 0 aliphatic carbocycles. The lowest BCUT2D eigenvalue weighted by molar-refractivity contribution is -0.142. The molecule has 0 saturated heterocycles. The van der Waals surface area contributed by atoms with E-state index in [4.69, 9.17) is 0 Å². The Morgan fingerprint density at radius 1 is 1.55 bits per heavy atom. The van der Waals surface area contributed by atoms with E-state index in [-0.39, 0.29) is 0 Å². The molecule has 0 aromatic heterocycles. The average Bonchev–Trinajstić information content (AvgIpc) is 1.88. The van der Waals surface area contributed by atoms with Gasteiger partial charge in [-0.2, -0.15) is 0 Å². The Balaban J connectivity index is 4.30. The summed E-state index contributed by atoms with van der Waals surface area (Å²) >= 11 is 0.957. The number of Topliss-reactive ketones (excluding diaryl/α,β-unsaturated/α-hetero) is 1. The van der Waals surface area contributed by atoms with Gasteiger partial charge in [0.25, 0.3) is 0 Å². The summed E-state index contributed by atoms with van der Waals surface area (Å²) in [4.78, 5) is 21.7. The van der Waals surface area contributed by atoms with Gasteiger partial charge in [-0.15, -0.1) is 0 Å². The molecular weight excluding hydrogens is 164 g/mol. The second-order valence-corrected chi connectivity index (χ2v) is 3.59.